The lowest BCUT2D eigenvalue weighted by molar-refractivity contribution is -0.136. The topological polar surface area (TPSA) is 71.2 Å². The molecule has 0 spiro atoms. The Morgan fingerprint density at radius 2 is 2.33 bits per heavy atom. The molecule has 0 radical (unpaired) electrons. The molecule has 1 amide bonds. The van der Waals surface area contributed by atoms with Gasteiger partial charge in [-0.1, -0.05) is 5.21 Å². The first-order chi connectivity index (χ1) is 8.46. The number of hydrogen-bond donors (Lipinski definition) is 1. The van der Waals surface area contributed by atoms with Crippen LogP contribution in [0.25, 0.3) is 0 Å². The number of carbonyl (C=O) groups excluding carboxylic acids is 1. The van der Waals surface area contributed by atoms with E-state index in [4.69, 9.17) is 0 Å². The summed E-state index contributed by atoms with van der Waals surface area (Å²) in [6, 6.07) is 0.168. The minimum absolute atomic E-state index is 0.0186. The second-order valence-electron chi connectivity index (χ2n) is 5.50. The minimum atomic E-state index is -0.947. The molecule has 18 heavy (non-hydrogen) atoms. The van der Waals surface area contributed by atoms with Gasteiger partial charge in [-0.15, -0.1) is 5.10 Å². The molecule has 100 valence electrons. The van der Waals surface area contributed by atoms with E-state index in [1.54, 1.807) is 30.9 Å². The van der Waals surface area contributed by atoms with Gasteiger partial charge in [0.25, 0.3) is 0 Å². The molecule has 2 heterocycles. The first kappa shape index (κ1) is 13.0. The predicted octanol–water partition coefficient (Wildman–Crippen LogP) is 0.430. The van der Waals surface area contributed by atoms with Crippen LogP contribution in [-0.2, 0) is 11.3 Å². The summed E-state index contributed by atoms with van der Waals surface area (Å²) in [4.78, 5) is 14.0. The average molecular weight is 252 g/mol. The van der Waals surface area contributed by atoms with Crippen LogP contribution in [0, 0.1) is 0 Å². The fourth-order valence-electron chi connectivity index (χ4n) is 2.37. The van der Waals surface area contributed by atoms with Gasteiger partial charge in [0, 0.05) is 12.7 Å². The van der Waals surface area contributed by atoms with Crippen molar-refractivity contribution in [2.75, 3.05) is 6.54 Å². The smallest absolute Gasteiger partial charge is 0.225 e. The van der Waals surface area contributed by atoms with Crippen molar-refractivity contribution < 1.29 is 9.90 Å². The Morgan fingerprint density at radius 1 is 1.56 bits per heavy atom. The lowest BCUT2D eigenvalue weighted by Crippen LogP contribution is -2.41. The van der Waals surface area contributed by atoms with Crippen molar-refractivity contribution in [1.82, 2.24) is 19.9 Å². The van der Waals surface area contributed by atoms with E-state index in [1.165, 1.54) is 0 Å². The van der Waals surface area contributed by atoms with E-state index in [-0.39, 0.29) is 18.4 Å². The fraction of sp³-hybridized carbons (Fsp3) is 0.750. The summed E-state index contributed by atoms with van der Waals surface area (Å²) >= 11 is 0. The Balaban J connectivity index is 1.97. The Labute approximate surface area is 107 Å². The van der Waals surface area contributed by atoms with Crippen LogP contribution < -0.4 is 0 Å². The quantitative estimate of drug-likeness (QED) is 0.843. The molecule has 1 aliphatic heterocycles. The van der Waals surface area contributed by atoms with Crippen LogP contribution in [0.15, 0.2) is 12.4 Å². The Hall–Kier alpha value is -1.43. The molecule has 1 atom stereocenters. The summed E-state index contributed by atoms with van der Waals surface area (Å²) in [5.41, 5.74) is -0.947. The van der Waals surface area contributed by atoms with Crippen molar-refractivity contribution in [1.29, 1.82) is 0 Å². The molecule has 1 aromatic rings. The largest absolute Gasteiger partial charge is 0.390 e. The minimum Gasteiger partial charge on any atom is -0.390 e. The summed E-state index contributed by atoms with van der Waals surface area (Å²) in [5.74, 6) is 0.0186. The van der Waals surface area contributed by atoms with Gasteiger partial charge in [0.15, 0.2) is 0 Å². The maximum atomic E-state index is 12.1. The molecule has 0 saturated carbocycles. The third-order valence-electron chi connectivity index (χ3n) is 3.15. The molecule has 1 fully saturated rings. The van der Waals surface area contributed by atoms with Gasteiger partial charge >= 0.3 is 0 Å². The SMILES string of the molecule is CC(C)(O)CC(=O)N1CCC[C@H]1Cn1ccnn1. The van der Waals surface area contributed by atoms with Crippen molar-refractivity contribution in [2.24, 2.45) is 0 Å². The van der Waals surface area contributed by atoms with E-state index in [2.05, 4.69) is 10.3 Å². The molecule has 6 nitrogen and oxygen atoms in total. The van der Waals surface area contributed by atoms with E-state index in [0.717, 1.165) is 19.4 Å². The van der Waals surface area contributed by atoms with Crippen LogP contribution in [-0.4, -0.2) is 49.1 Å². The highest BCUT2D eigenvalue weighted by atomic mass is 16.3. The Kier molecular flexibility index (Phi) is 3.65. The molecule has 6 heteroatoms. The van der Waals surface area contributed by atoms with Crippen LogP contribution in [0.1, 0.15) is 33.1 Å². The van der Waals surface area contributed by atoms with Gasteiger partial charge in [-0.05, 0) is 26.7 Å². The standard InChI is InChI=1S/C12H20N4O2/c1-12(2,18)8-11(17)16-6-3-4-10(16)9-15-7-5-13-14-15/h5,7,10,18H,3-4,6,8-9H2,1-2H3/t10-/m0/s1. The van der Waals surface area contributed by atoms with Crippen LogP contribution in [0.2, 0.25) is 0 Å². The van der Waals surface area contributed by atoms with Crippen LogP contribution in [0.4, 0.5) is 0 Å². The zero-order valence-electron chi connectivity index (χ0n) is 10.9. The first-order valence-electron chi connectivity index (χ1n) is 6.32. The molecule has 2 rings (SSSR count). The summed E-state index contributed by atoms with van der Waals surface area (Å²) in [7, 11) is 0. The summed E-state index contributed by atoms with van der Waals surface area (Å²) in [5, 5.41) is 17.4. The van der Waals surface area contributed by atoms with E-state index in [1.807, 2.05) is 4.90 Å². The molecular weight excluding hydrogens is 232 g/mol. The maximum absolute atomic E-state index is 12.1. The zero-order valence-corrected chi connectivity index (χ0v) is 10.9. The van der Waals surface area contributed by atoms with Crippen molar-refractivity contribution in [3.8, 4) is 0 Å². The monoisotopic (exact) mass is 252 g/mol. The molecular formula is C12H20N4O2. The number of amides is 1. The third kappa shape index (κ3) is 3.29. The number of aromatic nitrogens is 3. The van der Waals surface area contributed by atoms with Gasteiger partial charge in [0.1, 0.15) is 0 Å². The summed E-state index contributed by atoms with van der Waals surface area (Å²) < 4.78 is 1.75. The van der Waals surface area contributed by atoms with Gasteiger partial charge in [-0.25, -0.2) is 0 Å². The Morgan fingerprint density at radius 3 is 2.94 bits per heavy atom. The van der Waals surface area contributed by atoms with Crippen molar-refractivity contribution in [3.05, 3.63) is 12.4 Å². The second-order valence-corrected chi connectivity index (χ2v) is 5.50. The fourth-order valence-corrected chi connectivity index (χ4v) is 2.37. The van der Waals surface area contributed by atoms with Crippen molar-refractivity contribution >= 4 is 5.91 Å². The van der Waals surface area contributed by atoms with Gasteiger partial charge in [0.2, 0.25) is 5.91 Å². The number of aliphatic hydroxyl groups is 1. The van der Waals surface area contributed by atoms with Crippen molar-refractivity contribution in [3.63, 3.8) is 0 Å². The van der Waals surface area contributed by atoms with Gasteiger partial charge in [-0.3, -0.25) is 9.48 Å². The van der Waals surface area contributed by atoms with E-state index in [0.29, 0.717) is 6.54 Å². The second kappa shape index (κ2) is 5.06. The number of rotatable bonds is 4. The molecule has 1 saturated heterocycles. The molecule has 1 aliphatic rings. The lowest BCUT2D eigenvalue weighted by atomic mass is 10.0. The van der Waals surface area contributed by atoms with E-state index < -0.39 is 5.60 Å². The molecule has 0 unspecified atom stereocenters. The summed E-state index contributed by atoms with van der Waals surface area (Å²) in [6.45, 7) is 4.77. The van der Waals surface area contributed by atoms with E-state index >= 15 is 0 Å². The highest BCUT2D eigenvalue weighted by Crippen LogP contribution is 2.21. The maximum Gasteiger partial charge on any atom is 0.225 e. The number of nitrogens with zero attached hydrogens (tertiary/aromatic N) is 4. The molecule has 0 bridgehead atoms. The lowest BCUT2D eigenvalue weighted by Gasteiger charge is -2.27. The highest BCUT2D eigenvalue weighted by molar-refractivity contribution is 5.77. The predicted molar refractivity (Wildman–Crippen MR) is 65.7 cm³/mol. The molecule has 1 aromatic heterocycles. The normalized spacial score (nSPS) is 20.4. The molecule has 1 N–H and O–H groups in total. The van der Waals surface area contributed by atoms with Gasteiger partial charge in [0.05, 0.1) is 30.8 Å². The Bertz CT molecular complexity index is 397. The number of hydrogen-bond acceptors (Lipinski definition) is 4. The van der Waals surface area contributed by atoms with Crippen LogP contribution >= 0.6 is 0 Å². The highest BCUT2D eigenvalue weighted by Gasteiger charge is 2.31. The number of carbonyl (C=O) groups is 1. The third-order valence-corrected chi connectivity index (χ3v) is 3.15. The van der Waals surface area contributed by atoms with E-state index in [9.17, 15) is 9.90 Å². The summed E-state index contributed by atoms with van der Waals surface area (Å²) in [6.07, 6.45) is 5.60. The zero-order chi connectivity index (χ0) is 13.2. The number of likely N-dealkylation sites (tertiary alicyclic amines) is 1. The average Bonchev–Trinajstić information content (AvgIpc) is 2.86. The van der Waals surface area contributed by atoms with Crippen LogP contribution in [0.5, 0.6) is 0 Å². The van der Waals surface area contributed by atoms with Crippen LogP contribution in [0.3, 0.4) is 0 Å². The van der Waals surface area contributed by atoms with Gasteiger partial charge < -0.3 is 10.0 Å². The van der Waals surface area contributed by atoms with Gasteiger partial charge in [-0.2, -0.15) is 0 Å². The molecule has 0 aromatic carbocycles. The van der Waals surface area contributed by atoms with Crippen molar-refractivity contribution in [2.45, 2.75) is 51.3 Å². The molecule has 0 aliphatic carbocycles. The first-order valence-corrected chi connectivity index (χ1v) is 6.32.